The van der Waals surface area contributed by atoms with Crippen LogP contribution in [-0.2, 0) is 25.6 Å². The number of benzene rings is 1. The normalized spacial score (nSPS) is 37.5. The quantitative estimate of drug-likeness (QED) is 0.905. The summed E-state index contributed by atoms with van der Waals surface area (Å²) >= 11 is 0. The molecule has 0 amide bonds. The molecule has 1 aromatic carbocycles. The Morgan fingerprint density at radius 2 is 2.05 bits per heavy atom. The van der Waals surface area contributed by atoms with E-state index in [0.29, 0.717) is 6.61 Å². The third-order valence-electron chi connectivity index (χ3n) is 3.46. The van der Waals surface area contributed by atoms with Crippen molar-refractivity contribution in [1.29, 1.82) is 0 Å². The first-order valence-corrected chi connectivity index (χ1v) is 6.73. The van der Waals surface area contributed by atoms with Crippen molar-refractivity contribution in [2.75, 3.05) is 6.58 Å². The summed E-state index contributed by atoms with van der Waals surface area (Å²) in [6.07, 6.45) is -2.36. The fourth-order valence-electron chi connectivity index (χ4n) is 2.58. The molecule has 5 nitrogen and oxygen atoms in total. The fourth-order valence-corrected chi connectivity index (χ4v) is 2.58. The van der Waals surface area contributed by atoms with Gasteiger partial charge in [-0.15, -0.1) is 0 Å². The van der Waals surface area contributed by atoms with Gasteiger partial charge in [-0.3, -0.25) is 0 Å². The summed E-state index contributed by atoms with van der Waals surface area (Å²) in [5.74, 6) is -0.748. The van der Waals surface area contributed by atoms with Gasteiger partial charge in [0.05, 0.1) is 14.6 Å². The largest absolute Gasteiger partial charge is 0.394 e. The van der Waals surface area contributed by atoms with Crippen molar-refractivity contribution in [3.63, 3.8) is 0 Å². The second kappa shape index (κ2) is 5.42. The lowest BCUT2D eigenvalue weighted by molar-refractivity contribution is -0.222. The maximum Gasteiger partial charge on any atom is 0.190 e. The van der Waals surface area contributed by atoms with Gasteiger partial charge in [0, 0.05) is 0 Å². The number of hydrogen-bond donors (Lipinski definition) is 1. The number of aliphatic hydroxyl groups excluding tert-OH is 1. The first-order chi connectivity index (χ1) is 9.96. The molecule has 0 aliphatic carbocycles. The zero-order valence-corrected chi connectivity index (χ0v) is 11.6. The van der Waals surface area contributed by atoms with Gasteiger partial charge in [0.2, 0.25) is 0 Å². The molecule has 0 spiro atoms. The first kappa shape index (κ1) is 12.7. The lowest BCUT2D eigenvalue weighted by Crippen LogP contribution is -2.38. The monoisotopic (exact) mass is 281 g/mol. The van der Waals surface area contributed by atoms with Gasteiger partial charge >= 0.3 is 0 Å². The van der Waals surface area contributed by atoms with Crippen LogP contribution in [0.3, 0.4) is 0 Å². The average molecular weight is 281 g/mol. The molecule has 2 fully saturated rings. The van der Waals surface area contributed by atoms with Crippen LogP contribution in [0.2, 0.25) is 0 Å². The topological polar surface area (TPSA) is 57.2 Å². The van der Waals surface area contributed by atoms with Crippen molar-refractivity contribution < 1.29 is 25.4 Å². The number of rotatable bonds is 4. The molecule has 1 aromatic rings. The maximum absolute atomic E-state index is 9.56. The molecular formula is C15H20O5. The SMILES string of the molecule is [2H]C(O)[C@H]1O[C@@H]2OC(C)(C)O[C@@H]2[C@@H]1OCc1ccccc1. The van der Waals surface area contributed by atoms with Crippen LogP contribution in [-0.4, -0.2) is 42.1 Å². The summed E-state index contributed by atoms with van der Waals surface area (Å²) in [6.45, 7) is 2.57. The highest BCUT2D eigenvalue weighted by molar-refractivity contribution is 5.13. The summed E-state index contributed by atoms with van der Waals surface area (Å²) in [6, 6.07) is 9.71. The Balaban J connectivity index is 1.70. The Hall–Kier alpha value is -0.980. The molecule has 110 valence electrons. The number of ether oxygens (including phenoxy) is 4. The van der Waals surface area contributed by atoms with Gasteiger partial charge in [-0.2, -0.15) is 0 Å². The van der Waals surface area contributed by atoms with Crippen molar-refractivity contribution in [1.82, 2.24) is 0 Å². The molecule has 0 bridgehead atoms. The van der Waals surface area contributed by atoms with E-state index in [1.54, 1.807) is 13.8 Å². The molecule has 2 aliphatic rings. The van der Waals surface area contributed by atoms with E-state index in [1.165, 1.54) is 0 Å². The van der Waals surface area contributed by atoms with E-state index in [4.69, 9.17) is 20.3 Å². The molecule has 5 atom stereocenters. The highest BCUT2D eigenvalue weighted by Gasteiger charge is 2.55. The summed E-state index contributed by atoms with van der Waals surface area (Å²) in [5.41, 5.74) is 1.01. The van der Waals surface area contributed by atoms with Gasteiger partial charge in [0.1, 0.15) is 18.3 Å². The highest BCUT2D eigenvalue weighted by atomic mass is 16.8. The predicted octanol–water partition coefficient (Wildman–Crippen LogP) is 1.44. The average Bonchev–Trinajstić information content (AvgIpc) is 2.90. The van der Waals surface area contributed by atoms with E-state index in [-0.39, 0.29) is 0 Å². The maximum atomic E-state index is 9.56. The Labute approximate surface area is 119 Å². The summed E-state index contributed by atoms with van der Waals surface area (Å²) in [5, 5.41) is 9.56. The highest BCUT2D eigenvalue weighted by Crippen LogP contribution is 2.38. The van der Waals surface area contributed by atoms with E-state index >= 15 is 0 Å². The van der Waals surface area contributed by atoms with E-state index in [0.717, 1.165) is 5.56 Å². The first-order valence-electron chi connectivity index (χ1n) is 7.31. The Morgan fingerprint density at radius 1 is 1.30 bits per heavy atom. The summed E-state index contributed by atoms with van der Waals surface area (Å²) in [7, 11) is 0. The Bertz CT molecular complexity index is 478. The zero-order valence-electron chi connectivity index (χ0n) is 12.6. The molecule has 0 radical (unpaired) electrons. The van der Waals surface area contributed by atoms with E-state index in [2.05, 4.69) is 0 Å². The van der Waals surface area contributed by atoms with Crippen LogP contribution in [0.25, 0.3) is 0 Å². The number of fused-ring (bicyclic) bond motifs is 1. The molecule has 2 aliphatic heterocycles. The van der Waals surface area contributed by atoms with Crippen LogP contribution in [0, 0.1) is 0 Å². The smallest absolute Gasteiger partial charge is 0.190 e. The van der Waals surface area contributed by atoms with Crippen LogP contribution in [0.5, 0.6) is 0 Å². The van der Waals surface area contributed by atoms with E-state index in [1.807, 2.05) is 30.3 Å². The third-order valence-corrected chi connectivity index (χ3v) is 3.46. The molecular weight excluding hydrogens is 260 g/mol. The molecule has 20 heavy (non-hydrogen) atoms. The number of aliphatic hydroxyl groups is 1. The van der Waals surface area contributed by atoms with Gasteiger partial charge in [-0.1, -0.05) is 30.3 Å². The summed E-state index contributed by atoms with van der Waals surface area (Å²) < 4.78 is 30.3. The molecule has 1 N–H and O–H groups in total. The minimum atomic E-state index is -1.40. The van der Waals surface area contributed by atoms with Gasteiger partial charge in [-0.25, -0.2) is 0 Å². The second-order valence-corrected chi connectivity index (χ2v) is 5.48. The molecule has 2 saturated heterocycles. The standard InChI is InChI=1S/C15H20O5/c1-15(2)19-13-12(11(8-16)18-14(13)20-15)17-9-10-6-4-3-5-7-10/h3-7,11-14,16H,8-9H2,1-2H3/t11-,12-,13-,14-/m1/s1/i8D/t8?,11-,12-,13-,14-. The minimum absolute atomic E-state index is 0.366. The van der Waals surface area contributed by atoms with Gasteiger partial charge in [0.15, 0.2) is 12.1 Å². The van der Waals surface area contributed by atoms with Crippen LogP contribution in [0.1, 0.15) is 20.8 Å². The van der Waals surface area contributed by atoms with Crippen molar-refractivity contribution in [2.24, 2.45) is 0 Å². The molecule has 0 saturated carbocycles. The molecule has 5 heteroatoms. The van der Waals surface area contributed by atoms with Crippen molar-refractivity contribution in [2.45, 2.75) is 50.8 Å². The van der Waals surface area contributed by atoms with Crippen molar-refractivity contribution in [3.8, 4) is 0 Å². The van der Waals surface area contributed by atoms with E-state index in [9.17, 15) is 5.11 Å². The van der Waals surface area contributed by atoms with Gasteiger partial charge < -0.3 is 24.1 Å². The molecule has 0 aromatic heterocycles. The van der Waals surface area contributed by atoms with Crippen LogP contribution in [0.15, 0.2) is 30.3 Å². The zero-order chi connectivity index (χ0) is 15.0. The third kappa shape index (κ3) is 2.73. The van der Waals surface area contributed by atoms with Gasteiger partial charge in [-0.05, 0) is 19.4 Å². The Kier molecular flexibility index (Phi) is 3.45. The molecule has 1 unspecified atom stereocenters. The molecule has 3 rings (SSSR count). The van der Waals surface area contributed by atoms with Crippen molar-refractivity contribution >= 4 is 0 Å². The minimum Gasteiger partial charge on any atom is -0.394 e. The Morgan fingerprint density at radius 3 is 2.75 bits per heavy atom. The molecule has 2 heterocycles. The second-order valence-electron chi connectivity index (χ2n) is 5.48. The lowest BCUT2D eigenvalue weighted by Gasteiger charge is -2.25. The van der Waals surface area contributed by atoms with Crippen molar-refractivity contribution in [3.05, 3.63) is 35.9 Å². The summed E-state index contributed by atoms with van der Waals surface area (Å²) in [4.78, 5) is 0. The van der Waals surface area contributed by atoms with Crippen LogP contribution < -0.4 is 0 Å². The van der Waals surface area contributed by atoms with Crippen LogP contribution >= 0.6 is 0 Å². The van der Waals surface area contributed by atoms with Gasteiger partial charge in [0.25, 0.3) is 0 Å². The van der Waals surface area contributed by atoms with Crippen LogP contribution in [0.4, 0.5) is 0 Å². The fraction of sp³-hybridized carbons (Fsp3) is 0.600. The number of hydrogen-bond acceptors (Lipinski definition) is 5. The predicted molar refractivity (Wildman–Crippen MR) is 70.8 cm³/mol. The lowest BCUT2D eigenvalue weighted by atomic mass is 10.1. The van der Waals surface area contributed by atoms with E-state index < -0.39 is 37.0 Å².